The van der Waals surface area contributed by atoms with Crippen molar-refractivity contribution in [2.75, 3.05) is 18.9 Å². The Kier molecular flexibility index (Phi) is 5.17. The lowest BCUT2D eigenvalue weighted by atomic mass is 10.0. The summed E-state index contributed by atoms with van der Waals surface area (Å²) in [7, 11) is 2.18. The lowest BCUT2D eigenvalue weighted by Crippen LogP contribution is -2.37. The Morgan fingerprint density at radius 3 is 2.90 bits per heavy atom. The Bertz CT molecular complexity index is 483. The van der Waals surface area contributed by atoms with Crippen LogP contribution in [0.3, 0.4) is 0 Å². The smallest absolute Gasteiger partial charge is 0.268 e. The van der Waals surface area contributed by atoms with Crippen molar-refractivity contribution in [2.24, 2.45) is 0 Å². The summed E-state index contributed by atoms with van der Waals surface area (Å²) < 4.78 is 1.58. The van der Waals surface area contributed by atoms with Crippen LogP contribution < -0.4 is 10.9 Å². The van der Waals surface area contributed by atoms with Gasteiger partial charge in [-0.1, -0.05) is 6.42 Å². The van der Waals surface area contributed by atoms with Gasteiger partial charge in [0.2, 0.25) is 0 Å². The first-order valence-electron chi connectivity index (χ1n) is 7.60. The molecule has 1 fully saturated rings. The molecule has 0 amide bonds. The minimum Gasteiger partial charge on any atom is -0.381 e. The third-order valence-corrected chi connectivity index (χ3v) is 3.92. The minimum absolute atomic E-state index is 0.0193. The molecule has 2 rings (SSSR count). The molecule has 2 heterocycles. The number of aryl methyl sites for hydroxylation is 1. The van der Waals surface area contributed by atoms with Crippen molar-refractivity contribution in [1.29, 1.82) is 0 Å². The zero-order valence-electron chi connectivity index (χ0n) is 12.8. The Morgan fingerprint density at radius 2 is 2.25 bits per heavy atom. The van der Waals surface area contributed by atoms with Gasteiger partial charge in [-0.3, -0.25) is 4.79 Å². The number of nitrogens with zero attached hydrogens (tertiary/aromatic N) is 3. The number of anilines is 1. The minimum atomic E-state index is -0.0193. The first kappa shape index (κ1) is 15.0. The quantitative estimate of drug-likeness (QED) is 0.894. The second-order valence-corrected chi connectivity index (χ2v) is 6.02. The van der Waals surface area contributed by atoms with E-state index in [1.54, 1.807) is 16.9 Å². The molecule has 1 aromatic heterocycles. The summed E-state index contributed by atoms with van der Waals surface area (Å²) in [5, 5.41) is 7.47. The number of nitrogens with one attached hydrogen (secondary N) is 1. The monoisotopic (exact) mass is 278 g/mol. The SMILES string of the molecule is CC(C)Nc1cnn(CCC2CCCCN2C)c(=O)c1. The Morgan fingerprint density at radius 1 is 1.45 bits per heavy atom. The summed E-state index contributed by atoms with van der Waals surface area (Å²) in [5.74, 6) is 0. The van der Waals surface area contributed by atoms with Gasteiger partial charge in [0, 0.05) is 24.7 Å². The summed E-state index contributed by atoms with van der Waals surface area (Å²) in [5.41, 5.74) is 0.783. The van der Waals surface area contributed by atoms with E-state index in [-0.39, 0.29) is 5.56 Å². The molecule has 0 saturated carbocycles. The zero-order valence-corrected chi connectivity index (χ0v) is 12.8. The van der Waals surface area contributed by atoms with E-state index >= 15 is 0 Å². The van der Waals surface area contributed by atoms with E-state index in [0.717, 1.165) is 12.1 Å². The largest absolute Gasteiger partial charge is 0.381 e. The molecule has 112 valence electrons. The molecule has 1 unspecified atom stereocenters. The van der Waals surface area contributed by atoms with E-state index in [1.807, 2.05) is 13.8 Å². The molecule has 0 bridgehead atoms. The Hall–Kier alpha value is -1.36. The first-order valence-corrected chi connectivity index (χ1v) is 7.60. The predicted molar refractivity (Wildman–Crippen MR) is 82.1 cm³/mol. The van der Waals surface area contributed by atoms with Crippen molar-refractivity contribution in [1.82, 2.24) is 14.7 Å². The van der Waals surface area contributed by atoms with Crippen molar-refractivity contribution in [3.8, 4) is 0 Å². The van der Waals surface area contributed by atoms with Gasteiger partial charge in [-0.05, 0) is 46.7 Å². The second-order valence-electron chi connectivity index (χ2n) is 6.02. The molecule has 20 heavy (non-hydrogen) atoms. The van der Waals surface area contributed by atoms with Crippen LogP contribution in [-0.2, 0) is 6.54 Å². The molecular weight excluding hydrogens is 252 g/mol. The van der Waals surface area contributed by atoms with Gasteiger partial charge in [-0.25, -0.2) is 4.68 Å². The van der Waals surface area contributed by atoms with Gasteiger partial charge in [0.1, 0.15) is 0 Å². The zero-order chi connectivity index (χ0) is 14.5. The number of aromatic nitrogens is 2. The van der Waals surface area contributed by atoms with Crippen molar-refractivity contribution < 1.29 is 0 Å². The van der Waals surface area contributed by atoms with Crippen molar-refractivity contribution in [2.45, 2.75) is 58.2 Å². The average molecular weight is 278 g/mol. The topological polar surface area (TPSA) is 50.2 Å². The van der Waals surface area contributed by atoms with Crippen LogP contribution in [0, 0.1) is 0 Å². The maximum Gasteiger partial charge on any atom is 0.268 e. The highest BCUT2D eigenvalue weighted by Gasteiger charge is 2.18. The summed E-state index contributed by atoms with van der Waals surface area (Å²) in [6.45, 7) is 5.97. The second kappa shape index (κ2) is 6.88. The Labute approximate surface area is 121 Å². The molecule has 1 saturated heterocycles. The van der Waals surface area contributed by atoms with Gasteiger partial charge in [0.15, 0.2) is 0 Å². The standard InChI is InChI=1S/C15H26N4O/c1-12(2)17-13-10-15(20)19(16-11-13)9-7-14-6-4-5-8-18(14)3/h10-12,14,17H,4-9H2,1-3H3. The van der Waals surface area contributed by atoms with Crippen molar-refractivity contribution in [3.05, 3.63) is 22.6 Å². The number of hydrogen-bond donors (Lipinski definition) is 1. The van der Waals surface area contributed by atoms with Crippen LogP contribution in [0.15, 0.2) is 17.1 Å². The van der Waals surface area contributed by atoms with Crippen molar-refractivity contribution >= 4 is 5.69 Å². The maximum absolute atomic E-state index is 12.0. The van der Waals surface area contributed by atoms with E-state index < -0.39 is 0 Å². The molecule has 0 radical (unpaired) electrons. The molecule has 0 aromatic carbocycles. The van der Waals surface area contributed by atoms with Gasteiger partial charge in [0.25, 0.3) is 5.56 Å². The van der Waals surface area contributed by atoms with Crippen LogP contribution in [0.2, 0.25) is 0 Å². The summed E-state index contributed by atoms with van der Waals surface area (Å²) in [6, 6.07) is 2.53. The molecule has 5 nitrogen and oxygen atoms in total. The molecule has 1 aliphatic heterocycles. The third kappa shape index (κ3) is 4.07. The van der Waals surface area contributed by atoms with Gasteiger partial charge in [-0.15, -0.1) is 0 Å². The lowest BCUT2D eigenvalue weighted by Gasteiger charge is -2.32. The average Bonchev–Trinajstić information content (AvgIpc) is 2.39. The van der Waals surface area contributed by atoms with Gasteiger partial charge in [-0.2, -0.15) is 5.10 Å². The highest BCUT2D eigenvalue weighted by atomic mass is 16.1. The number of rotatable bonds is 5. The number of hydrogen-bond acceptors (Lipinski definition) is 4. The fraction of sp³-hybridized carbons (Fsp3) is 0.733. The van der Waals surface area contributed by atoms with Crippen LogP contribution in [0.1, 0.15) is 39.5 Å². The van der Waals surface area contributed by atoms with E-state index in [2.05, 4.69) is 22.4 Å². The van der Waals surface area contributed by atoms with Crippen LogP contribution in [-0.4, -0.2) is 40.4 Å². The van der Waals surface area contributed by atoms with Gasteiger partial charge in [0.05, 0.1) is 11.9 Å². The normalized spacial score (nSPS) is 20.3. The molecule has 0 aliphatic carbocycles. The molecular formula is C15H26N4O. The highest BCUT2D eigenvalue weighted by Crippen LogP contribution is 2.17. The molecule has 1 N–H and O–H groups in total. The van der Waals surface area contributed by atoms with E-state index in [9.17, 15) is 4.79 Å². The number of piperidine rings is 1. The Balaban J connectivity index is 1.94. The lowest BCUT2D eigenvalue weighted by molar-refractivity contribution is 0.169. The molecule has 5 heteroatoms. The maximum atomic E-state index is 12.0. The first-order chi connectivity index (χ1) is 9.56. The van der Waals surface area contributed by atoms with Gasteiger partial charge >= 0.3 is 0 Å². The predicted octanol–water partition coefficient (Wildman–Crippen LogP) is 1.94. The van der Waals surface area contributed by atoms with Crippen molar-refractivity contribution in [3.63, 3.8) is 0 Å². The van der Waals surface area contributed by atoms with Crippen LogP contribution >= 0.6 is 0 Å². The fourth-order valence-electron chi connectivity index (χ4n) is 2.79. The third-order valence-electron chi connectivity index (χ3n) is 3.92. The van der Waals surface area contributed by atoms with Crippen LogP contribution in [0.4, 0.5) is 5.69 Å². The molecule has 1 atom stereocenters. The molecule has 1 aliphatic rings. The molecule has 0 spiro atoms. The van der Waals surface area contributed by atoms with Crippen LogP contribution in [0.25, 0.3) is 0 Å². The summed E-state index contributed by atoms with van der Waals surface area (Å²) >= 11 is 0. The molecule has 1 aromatic rings. The van der Waals surface area contributed by atoms with E-state index in [0.29, 0.717) is 18.6 Å². The number of likely N-dealkylation sites (tertiary alicyclic amines) is 1. The highest BCUT2D eigenvalue weighted by molar-refractivity contribution is 5.39. The van der Waals surface area contributed by atoms with Gasteiger partial charge < -0.3 is 10.2 Å². The fourth-order valence-corrected chi connectivity index (χ4v) is 2.79. The van der Waals surface area contributed by atoms with E-state index in [1.165, 1.54) is 25.8 Å². The van der Waals surface area contributed by atoms with E-state index in [4.69, 9.17) is 0 Å². The summed E-state index contributed by atoms with van der Waals surface area (Å²) in [4.78, 5) is 14.4. The summed E-state index contributed by atoms with van der Waals surface area (Å²) in [6.07, 6.45) is 6.57. The van der Waals surface area contributed by atoms with Crippen LogP contribution in [0.5, 0.6) is 0 Å².